The van der Waals surface area contributed by atoms with Crippen LogP contribution in [0.4, 0.5) is 0 Å². The first kappa shape index (κ1) is 13.1. The van der Waals surface area contributed by atoms with Crippen LogP contribution in [-0.4, -0.2) is 34.6 Å². The molecule has 1 aromatic heterocycles. The lowest BCUT2D eigenvalue weighted by Crippen LogP contribution is -2.63. The number of likely N-dealkylation sites (tertiary alicyclic amines) is 1. The molecule has 3 nitrogen and oxygen atoms in total. The highest BCUT2D eigenvalue weighted by atomic mass is 79.9. The molecule has 94 valence electrons. The molecule has 17 heavy (non-hydrogen) atoms. The highest BCUT2D eigenvalue weighted by molar-refractivity contribution is 9.11. The van der Waals surface area contributed by atoms with E-state index in [1.54, 1.807) is 4.90 Å². The number of hydrogen-bond donors (Lipinski definition) is 1. The molecule has 0 saturated carbocycles. The number of β-amino-alcohol motifs (C(OH)–C–C–N with tert-alkyl or cyclic N) is 1. The second kappa shape index (κ2) is 4.71. The van der Waals surface area contributed by atoms with Gasteiger partial charge in [-0.15, -0.1) is 11.3 Å². The summed E-state index contributed by atoms with van der Waals surface area (Å²) in [5, 5.41) is 10.0. The van der Waals surface area contributed by atoms with E-state index in [4.69, 9.17) is 0 Å². The molecule has 0 atom stereocenters. The molecule has 1 N–H and O–H groups in total. The van der Waals surface area contributed by atoms with Gasteiger partial charge in [0.05, 0.1) is 27.4 Å². The van der Waals surface area contributed by atoms with Crippen LogP contribution in [0.1, 0.15) is 35.0 Å². The summed E-state index contributed by atoms with van der Waals surface area (Å²) in [7, 11) is 0. The lowest BCUT2D eigenvalue weighted by Gasteiger charge is -2.46. The Labute approximate surface area is 114 Å². The summed E-state index contributed by atoms with van der Waals surface area (Å²) in [4.78, 5) is 14.5. The minimum absolute atomic E-state index is 0.0320. The number of hydrogen-bond acceptors (Lipinski definition) is 3. The highest BCUT2D eigenvalue weighted by Gasteiger charge is 2.43. The molecule has 1 saturated heterocycles. The van der Waals surface area contributed by atoms with E-state index in [9.17, 15) is 9.90 Å². The molecule has 0 aromatic carbocycles. The average Bonchev–Trinajstić information content (AvgIpc) is 2.55. The molecule has 2 heterocycles. The molecular formula is C12H16BrNO2S. The van der Waals surface area contributed by atoms with Crippen molar-refractivity contribution in [3.8, 4) is 0 Å². The topological polar surface area (TPSA) is 40.5 Å². The maximum absolute atomic E-state index is 12.1. The summed E-state index contributed by atoms with van der Waals surface area (Å²) in [6.45, 7) is 4.95. The monoisotopic (exact) mass is 317 g/mol. The van der Waals surface area contributed by atoms with Gasteiger partial charge in [-0.05, 0) is 40.9 Å². The Balaban J connectivity index is 2.00. The maximum Gasteiger partial charge on any atom is 0.264 e. The van der Waals surface area contributed by atoms with Gasteiger partial charge in [0.2, 0.25) is 0 Å². The minimum Gasteiger partial charge on any atom is -0.386 e. The van der Waals surface area contributed by atoms with Crippen molar-refractivity contribution in [1.82, 2.24) is 4.90 Å². The molecule has 0 unspecified atom stereocenters. The predicted octanol–water partition coefficient (Wildman–Crippen LogP) is 2.81. The van der Waals surface area contributed by atoms with E-state index in [1.165, 1.54) is 11.3 Å². The highest BCUT2D eigenvalue weighted by Crippen LogP contribution is 2.32. The van der Waals surface area contributed by atoms with E-state index in [-0.39, 0.29) is 5.91 Å². The van der Waals surface area contributed by atoms with Crippen LogP contribution >= 0.6 is 27.3 Å². The van der Waals surface area contributed by atoms with Gasteiger partial charge >= 0.3 is 0 Å². The first-order valence-corrected chi connectivity index (χ1v) is 7.34. The van der Waals surface area contributed by atoms with Gasteiger partial charge in [-0.25, -0.2) is 0 Å². The zero-order chi connectivity index (χ0) is 12.6. The summed E-state index contributed by atoms with van der Waals surface area (Å²) in [5.74, 6) is 0.0320. The first-order chi connectivity index (χ1) is 7.95. The summed E-state index contributed by atoms with van der Waals surface area (Å²) in [6, 6.07) is 1.90. The van der Waals surface area contributed by atoms with Crippen molar-refractivity contribution in [1.29, 1.82) is 0 Å². The van der Waals surface area contributed by atoms with Gasteiger partial charge in [-0.3, -0.25) is 4.79 Å². The van der Waals surface area contributed by atoms with Crippen molar-refractivity contribution in [2.24, 2.45) is 0 Å². The largest absolute Gasteiger partial charge is 0.386 e. The van der Waals surface area contributed by atoms with Crippen molar-refractivity contribution in [2.45, 2.75) is 32.3 Å². The van der Waals surface area contributed by atoms with Gasteiger partial charge < -0.3 is 10.0 Å². The number of nitrogens with zero attached hydrogens (tertiary/aromatic N) is 1. The van der Waals surface area contributed by atoms with Crippen LogP contribution in [0.3, 0.4) is 0 Å². The second-order valence-corrected chi connectivity index (χ2v) is 7.07. The van der Waals surface area contributed by atoms with E-state index in [0.717, 1.165) is 27.1 Å². The van der Waals surface area contributed by atoms with E-state index in [0.29, 0.717) is 13.1 Å². The number of aliphatic hydroxyl groups is 1. The summed E-state index contributed by atoms with van der Waals surface area (Å²) in [6.07, 6.45) is 1.71. The Hall–Kier alpha value is -0.390. The van der Waals surface area contributed by atoms with Gasteiger partial charge in [-0.1, -0.05) is 13.3 Å². The Bertz CT molecular complexity index is 418. The number of carbonyl (C=O) groups is 1. The molecular weight excluding hydrogens is 302 g/mol. The predicted molar refractivity (Wildman–Crippen MR) is 72.5 cm³/mol. The Morgan fingerprint density at radius 1 is 1.65 bits per heavy atom. The molecule has 1 aliphatic rings. The number of amides is 1. The second-order valence-electron chi connectivity index (χ2n) is 4.70. The number of aryl methyl sites for hydroxylation is 1. The van der Waals surface area contributed by atoms with Crippen molar-refractivity contribution in [2.75, 3.05) is 13.1 Å². The van der Waals surface area contributed by atoms with E-state index < -0.39 is 5.60 Å². The summed E-state index contributed by atoms with van der Waals surface area (Å²) in [5.41, 5.74) is 0.441. The number of rotatable bonds is 3. The van der Waals surface area contributed by atoms with Crippen molar-refractivity contribution < 1.29 is 9.90 Å². The molecule has 0 bridgehead atoms. The fourth-order valence-electron chi connectivity index (χ4n) is 2.15. The molecule has 0 spiro atoms. The van der Waals surface area contributed by atoms with Crippen molar-refractivity contribution in [3.63, 3.8) is 0 Å². The standard InChI is InChI=1S/C12H16BrNO2S/c1-3-4-12(16)6-14(7-12)11(15)9-5-8(2)10(13)17-9/h5,16H,3-4,6-7H2,1-2H3. The lowest BCUT2D eigenvalue weighted by molar-refractivity contribution is -0.0858. The molecule has 5 heteroatoms. The van der Waals surface area contributed by atoms with E-state index >= 15 is 0 Å². The van der Waals surface area contributed by atoms with Gasteiger partial charge in [0.1, 0.15) is 0 Å². The van der Waals surface area contributed by atoms with Crippen LogP contribution in [0.25, 0.3) is 0 Å². The van der Waals surface area contributed by atoms with Crippen molar-refractivity contribution in [3.05, 3.63) is 20.3 Å². The zero-order valence-corrected chi connectivity index (χ0v) is 12.4. The molecule has 1 aromatic rings. The molecule has 0 aliphatic carbocycles. The van der Waals surface area contributed by atoms with Crippen LogP contribution in [0.15, 0.2) is 9.85 Å². The fourth-order valence-corrected chi connectivity index (χ4v) is 3.66. The minimum atomic E-state index is -0.645. The first-order valence-electron chi connectivity index (χ1n) is 5.73. The third-order valence-corrected chi connectivity index (χ3v) is 5.17. The molecule has 1 fully saturated rings. The third kappa shape index (κ3) is 2.56. The smallest absolute Gasteiger partial charge is 0.264 e. The van der Waals surface area contributed by atoms with Crippen LogP contribution in [0, 0.1) is 6.92 Å². The normalized spacial score (nSPS) is 18.0. The molecule has 1 aliphatic heterocycles. The van der Waals surface area contributed by atoms with E-state index in [1.807, 2.05) is 19.9 Å². The molecule has 1 amide bonds. The fraction of sp³-hybridized carbons (Fsp3) is 0.583. The van der Waals surface area contributed by atoms with Gasteiger partial charge in [0.25, 0.3) is 5.91 Å². The lowest BCUT2D eigenvalue weighted by atomic mass is 9.89. The maximum atomic E-state index is 12.1. The molecule has 0 radical (unpaired) electrons. The van der Waals surface area contributed by atoms with E-state index in [2.05, 4.69) is 15.9 Å². The Kier molecular flexibility index (Phi) is 3.61. The van der Waals surface area contributed by atoms with Crippen LogP contribution in [0.5, 0.6) is 0 Å². The number of carbonyl (C=O) groups excluding carboxylic acids is 1. The Morgan fingerprint density at radius 2 is 2.29 bits per heavy atom. The van der Waals surface area contributed by atoms with Crippen molar-refractivity contribution >= 4 is 33.2 Å². The summed E-state index contributed by atoms with van der Waals surface area (Å²) >= 11 is 4.88. The quantitative estimate of drug-likeness (QED) is 0.931. The molecule has 2 rings (SSSR count). The van der Waals surface area contributed by atoms with Gasteiger partial charge in [0, 0.05) is 0 Å². The zero-order valence-electron chi connectivity index (χ0n) is 9.99. The SMILES string of the molecule is CCCC1(O)CN(C(=O)c2cc(C)c(Br)s2)C1. The average molecular weight is 318 g/mol. The number of halogens is 1. The van der Waals surface area contributed by atoms with Gasteiger partial charge in [-0.2, -0.15) is 0 Å². The Morgan fingerprint density at radius 3 is 2.76 bits per heavy atom. The number of thiophene rings is 1. The van der Waals surface area contributed by atoms with Crippen LogP contribution in [0.2, 0.25) is 0 Å². The third-order valence-electron chi connectivity index (χ3n) is 3.04. The van der Waals surface area contributed by atoms with Crippen LogP contribution < -0.4 is 0 Å². The summed E-state index contributed by atoms with van der Waals surface area (Å²) < 4.78 is 1.00. The van der Waals surface area contributed by atoms with Crippen LogP contribution in [-0.2, 0) is 0 Å². The van der Waals surface area contributed by atoms with Gasteiger partial charge in [0.15, 0.2) is 0 Å².